The SMILES string of the molecule is COC(=O)[C@@H]1CN(C(=O)CN(Cc2ccccc2Cl)S(=O)(=O)c2ccc(Br)cc2)c2ccccc2O1. The van der Waals surface area contributed by atoms with E-state index in [0.29, 0.717) is 26.5 Å². The molecule has 1 amide bonds. The summed E-state index contributed by atoms with van der Waals surface area (Å²) in [5, 5.41) is 0.378. The average molecular weight is 594 g/mol. The van der Waals surface area contributed by atoms with Gasteiger partial charge in [0.05, 0.1) is 30.8 Å². The highest BCUT2D eigenvalue weighted by molar-refractivity contribution is 9.10. The van der Waals surface area contributed by atoms with Crippen LogP contribution < -0.4 is 9.64 Å². The molecule has 0 saturated heterocycles. The van der Waals surface area contributed by atoms with Crippen LogP contribution in [0.1, 0.15) is 5.56 Å². The van der Waals surface area contributed by atoms with Crippen molar-refractivity contribution in [1.82, 2.24) is 4.31 Å². The van der Waals surface area contributed by atoms with Crippen molar-refractivity contribution in [2.24, 2.45) is 0 Å². The van der Waals surface area contributed by atoms with Gasteiger partial charge in [0, 0.05) is 16.0 Å². The molecule has 0 spiro atoms. The summed E-state index contributed by atoms with van der Waals surface area (Å²) >= 11 is 9.62. The van der Waals surface area contributed by atoms with Crippen LogP contribution in [0.4, 0.5) is 5.69 Å². The molecular formula is C25H22BrClN2O6S. The minimum atomic E-state index is -4.09. The summed E-state index contributed by atoms with van der Waals surface area (Å²) in [6, 6.07) is 19.7. The Kier molecular flexibility index (Phi) is 7.99. The van der Waals surface area contributed by atoms with Crippen LogP contribution in [-0.4, -0.2) is 50.9 Å². The fourth-order valence-corrected chi connectivity index (χ4v) is 5.59. The van der Waals surface area contributed by atoms with Gasteiger partial charge in [-0.25, -0.2) is 13.2 Å². The van der Waals surface area contributed by atoms with Crippen molar-refractivity contribution in [3.05, 3.63) is 87.9 Å². The molecule has 1 aliphatic rings. The molecule has 0 fully saturated rings. The summed E-state index contributed by atoms with van der Waals surface area (Å²) in [6.07, 6.45) is -1.05. The number of hydrogen-bond acceptors (Lipinski definition) is 6. The summed E-state index contributed by atoms with van der Waals surface area (Å²) in [5.74, 6) is -0.856. The van der Waals surface area contributed by atoms with E-state index in [-0.39, 0.29) is 18.0 Å². The van der Waals surface area contributed by atoms with E-state index in [1.165, 1.54) is 24.1 Å². The fraction of sp³-hybridized carbons (Fsp3) is 0.200. The lowest BCUT2D eigenvalue weighted by Crippen LogP contribution is -2.50. The Hall–Kier alpha value is -2.92. The van der Waals surface area contributed by atoms with Gasteiger partial charge in [-0.15, -0.1) is 0 Å². The quantitative estimate of drug-likeness (QED) is 0.380. The van der Waals surface area contributed by atoms with E-state index < -0.39 is 34.5 Å². The lowest BCUT2D eigenvalue weighted by molar-refractivity contribution is -0.148. The number of methoxy groups -OCH3 is 1. The number of esters is 1. The fourth-order valence-electron chi connectivity index (χ4n) is 3.76. The number of sulfonamides is 1. The van der Waals surface area contributed by atoms with Crippen molar-refractivity contribution in [1.29, 1.82) is 0 Å². The molecule has 1 heterocycles. The first kappa shape index (κ1) is 26.2. The molecule has 188 valence electrons. The standard InChI is InChI=1S/C25H22BrClN2O6S/c1-34-25(31)23-15-29(21-8-4-5-9-22(21)35-23)24(30)16-28(14-17-6-2-3-7-20(17)27)36(32,33)19-12-10-18(26)11-13-19/h2-13,23H,14-16H2,1H3/t23-/m0/s1. The highest BCUT2D eigenvalue weighted by Gasteiger charge is 2.36. The van der Waals surface area contributed by atoms with Gasteiger partial charge < -0.3 is 14.4 Å². The third-order valence-corrected chi connectivity index (χ3v) is 8.31. The molecule has 1 atom stereocenters. The van der Waals surface area contributed by atoms with E-state index in [4.69, 9.17) is 21.1 Å². The van der Waals surface area contributed by atoms with Gasteiger partial charge in [0.15, 0.2) is 0 Å². The van der Waals surface area contributed by atoms with Gasteiger partial charge in [0.2, 0.25) is 22.0 Å². The smallest absolute Gasteiger partial charge is 0.348 e. The maximum Gasteiger partial charge on any atom is 0.348 e. The van der Waals surface area contributed by atoms with Crippen LogP contribution in [0.2, 0.25) is 5.02 Å². The third kappa shape index (κ3) is 5.57. The molecule has 3 aromatic carbocycles. The van der Waals surface area contributed by atoms with E-state index in [1.54, 1.807) is 60.7 Å². The topological polar surface area (TPSA) is 93.2 Å². The first-order valence-corrected chi connectivity index (χ1v) is 13.4. The summed E-state index contributed by atoms with van der Waals surface area (Å²) < 4.78 is 39.6. The largest absolute Gasteiger partial charge is 0.475 e. The Morgan fingerprint density at radius 3 is 2.44 bits per heavy atom. The lowest BCUT2D eigenvalue weighted by atomic mass is 10.2. The Morgan fingerprint density at radius 1 is 1.08 bits per heavy atom. The number of nitrogens with zero attached hydrogens (tertiary/aromatic N) is 2. The monoisotopic (exact) mass is 592 g/mol. The van der Waals surface area contributed by atoms with Crippen LogP contribution >= 0.6 is 27.5 Å². The first-order chi connectivity index (χ1) is 17.2. The van der Waals surface area contributed by atoms with Crippen LogP contribution in [0.25, 0.3) is 0 Å². The van der Waals surface area contributed by atoms with Crippen LogP contribution in [0, 0.1) is 0 Å². The normalized spacial score (nSPS) is 15.2. The van der Waals surface area contributed by atoms with Gasteiger partial charge in [0.25, 0.3) is 0 Å². The van der Waals surface area contributed by atoms with Crippen LogP contribution in [0.3, 0.4) is 0 Å². The predicted octanol–water partition coefficient (Wildman–Crippen LogP) is 4.26. The van der Waals surface area contributed by atoms with Gasteiger partial charge in [0.1, 0.15) is 5.75 Å². The first-order valence-electron chi connectivity index (χ1n) is 10.8. The molecule has 0 radical (unpaired) electrons. The molecule has 0 unspecified atom stereocenters. The van der Waals surface area contributed by atoms with Crippen molar-refractivity contribution in [3.63, 3.8) is 0 Å². The van der Waals surface area contributed by atoms with E-state index >= 15 is 0 Å². The minimum absolute atomic E-state index is 0.0281. The Labute approximate surface area is 222 Å². The molecular weight excluding hydrogens is 572 g/mol. The number of carbonyl (C=O) groups excluding carboxylic acids is 2. The zero-order chi connectivity index (χ0) is 25.9. The van der Waals surface area contributed by atoms with Crippen LogP contribution in [0.5, 0.6) is 5.75 Å². The number of ether oxygens (including phenoxy) is 2. The zero-order valence-corrected chi connectivity index (χ0v) is 22.3. The number of para-hydroxylation sites is 2. The summed E-state index contributed by atoms with van der Waals surface area (Å²) in [4.78, 5) is 27.2. The summed E-state index contributed by atoms with van der Waals surface area (Å²) in [6.45, 7) is -0.747. The predicted molar refractivity (Wildman–Crippen MR) is 138 cm³/mol. The van der Waals surface area contributed by atoms with Crippen LogP contribution in [-0.2, 0) is 30.9 Å². The maximum atomic E-state index is 13.6. The van der Waals surface area contributed by atoms with Gasteiger partial charge in [-0.3, -0.25) is 4.79 Å². The van der Waals surface area contributed by atoms with E-state index in [2.05, 4.69) is 15.9 Å². The number of carbonyl (C=O) groups is 2. The molecule has 0 saturated carbocycles. The van der Waals surface area contributed by atoms with Gasteiger partial charge >= 0.3 is 5.97 Å². The Bertz CT molecular complexity index is 1380. The molecule has 36 heavy (non-hydrogen) atoms. The third-order valence-electron chi connectivity index (χ3n) is 5.61. The van der Waals surface area contributed by atoms with E-state index in [9.17, 15) is 18.0 Å². The van der Waals surface area contributed by atoms with E-state index in [1.807, 2.05) is 0 Å². The highest BCUT2D eigenvalue weighted by Crippen LogP contribution is 2.34. The van der Waals surface area contributed by atoms with Gasteiger partial charge in [-0.05, 0) is 48.0 Å². The lowest BCUT2D eigenvalue weighted by Gasteiger charge is -2.34. The summed E-state index contributed by atoms with van der Waals surface area (Å²) in [5.41, 5.74) is 0.976. The highest BCUT2D eigenvalue weighted by atomic mass is 79.9. The van der Waals surface area contributed by atoms with Gasteiger partial charge in [-0.2, -0.15) is 4.31 Å². The zero-order valence-electron chi connectivity index (χ0n) is 19.1. The number of amides is 1. The molecule has 11 heteroatoms. The number of halogens is 2. The Morgan fingerprint density at radius 2 is 1.75 bits per heavy atom. The number of anilines is 1. The number of rotatable bonds is 7. The molecule has 8 nitrogen and oxygen atoms in total. The van der Waals surface area contributed by atoms with Crippen molar-refractivity contribution in [2.75, 3.05) is 25.1 Å². The van der Waals surface area contributed by atoms with Crippen molar-refractivity contribution in [2.45, 2.75) is 17.5 Å². The molecule has 0 aromatic heterocycles. The molecule has 4 rings (SSSR count). The number of fused-ring (bicyclic) bond motifs is 1. The molecule has 1 aliphatic heterocycles. The molecule has 0 N–H and O–H groups in total. The Balaban J connectivity index is 1.70. The summed E-state index contributed by atoms with van der Waals surface area (Å²) in [7, 11) is -2.86. The average Bonchev–Trinajstić information content (AvgIpc) is 2.88. The molecule has 0 aliphatic carbocycles. The molecule has 3 aromatic rings. The molecule has 0 bridgehead atoms. The second-order valence-corrected chi connectivity index (χ2v) is 11.2. The van der Waals surface area contributed by atoms with Crippen molar-refractivity contribution >= 4 is 55.1 Å². The number of hydrogen-bond donors (Lipinski definition) is 0. The van der Waals surface area contributed by atoms with Crippen molar-refractivity contribution in [3.8, 4) is 5.75 Å². The maximum absolute atomic E-state index is 13.6. The van der Waals surface area contributed by atoms with Gasteiger partial charge in [-0.1, -0.05) is 57.9 Å². The van der Waals surface area contributed by atoms with E-state index in [0.717, 1.165) is 4.31 Å². The number of benzene rings is 3. The second-order valence-electron chi connectivity index (χ2n) is 7.92. The van der Waals surface area contributed by atoms with Crippen molar-refractivity contribution < 1.29 is 27.5 Å². The second kappa shape index (κ2) is 11.0. The van der Waals surface area contributed by atoms with Crippen LogP contribution in [0.15, 0.2) is 82.2 Å². The minimum Gasteiger partial charge on any atom is -0.475 e.